The lowest BCUT2D eigenvalue weighted by Crippen LogP contribution is -2.23. The number of H-pyrrole nitrogens is 1. The van der Waals surface area contributed by atoms with Crippen molar-refractivity contribution in [3.05, 3.63) is 32.4 Å². The fourth-order valence-electron chi connectivity index (χ4n) is 2.91. The van der Waals surface area contributed by atoms with E-state index >= 15 is 0 Å². The van der Waals surface area contributed by atoms with Crippen molar-refractivity contribution in [1.29, 1.82) is 0 Å². The third-order valence-corrected chi connectivity index (χ3v) is 6.98. The Balaban J connectivity index is 1.57. The normalized spacial score (nSPS) is 15.1. The highest BCUT2D eigenvalue weighted by molar-refractivity contribution is 8.00. The maximum atomic E-state index is 12.5. The molecule has 1 atom stereocenters. The summed E-state index contributed by atoms with van der Waals surface area (Å²) in [6, 6.07) is 0. The first-order valence-corrected chi connectivity index (χ1v) is 10.6. The van der Waals surface area contributed by atoms with Gasteiger partial charge >= 0.3 is 0 Å². The molecule has 9 heteroatoms. The van der Waals surface area contributed by atoms with Gasteiger partial charge in [0.2, 0.25) is 5.91 Å². The van der Waals surface area contributed by atoms with Crippen molar-refractivity contribution in [1.82, 2.24) is 15.0 Å². The molecule has 0 aliphatic heterocycles. The number of nitrogens with zero attached hydrogens (tertiary/aromatic N) is 2. The highest BCUT2D eigenvalue weighted by Gasteiger charge is 2.22. The van der Waals surface area contributed by atoms with Crippen LogP contribution in [0.2, 0.25) is 0 Å². The summed E-state index contributed by atoms with van der Waals surface area (Å²) in [7, 11) is 0. The maximum Gasteiger partial charge on any atom is 0.260 e. The Bertz CT molecular complexity index is 977. The van der Waals surface area contributed by atoms with Crippen LogP contribution in [-0.2, 0) is 17.6 Å². The lowest BCUT2D eigenvalue weighted by molar-refractivity contribution is -0.115. The minimum absolute atomic E-state index is 0.0977. The summed E-state index contributed by atoms with van der Waals surface area (Å²) >= 11 is 4.24. The topological polar surface area (TPSA) is 87.7 Å². The van der Waals surface area contributed by atoms with Gasteiger partial charge in [-0.3, -0.25) is 9.59 Å². The number of thiophene rings is 1. The Morgan fingerprint density at radius 3 is 3.04 bits per heavy atom. The first-order valence-electron chi connectivity index (χ1n) is 8.03. The molecule has 0 spiro atoms. The number of aromatic amines is 1. The SMILES string of the molecule is C[C@H](Sc1nc2sc3c(c2c(=O)[nH]1)CCCC3)C(=O)Nc1nccs1. The first-order chi connectivity index (χ1) is 12.1. The summed E-state index contributed by atoms with van der Waals surface area (Å²) in [6.45, 7) is 1.79. The second kappa shape index (κ2) is 6.89. The van der Waals surface area contributed by atoms with Crippen molar-refractivity contribution in [3.8, 4) is 0 Å². The van der Waals surface area contributed by atoms with Crippen LogP contribution in [0.3, 0.4) is 0 Å². The monoisotopic (exact) mass is 392 g/mol. The van der Waals surface area contributed by atoms with Gasteiger partial charge in [0, 0.05) is 16.5 Å². The summed E-state index contributed by atoms with van der Waals surface area (Å²) in [5.41, 5.74) is 1.07. The number of nitrogens with one attached hydrogen (secondary N) is 2. The molecule has 4 rings (SSSR count). The number of fused-ring (bicyclic) bond motifs is 3. The lowest BCUT2D eigenvalue weighted by atomic mass is 9.97. The molecule has 0 bridgehead atoms. The second-order valence-corrected chi connectivity index (χ2v) is 9.16. The molecule has 2 N–H and O–H groups in total. The average Bonchev–Trinajstić information content (AvgIpc) is 3.21. The lowest BCUT2D eigenvalue weighted by Gasteiger charge is -2.10. The number of rotatable bonds is 4. The third-order valence-electron chi connectivity index (χ3n) is 4.12. The van der Waals surface area contributed by atoms with Gasteiger partial charge in [-0.2, -0.15) is 0 Å². The molecule has 0 unspecified atom stereocenters. The van der Waals surface area contributed by atoms with Crippen molar-refractivity contribution in [2.24, 2.45) is 0 Å². The first kappa shape index (κ1) is 16.7. The van der Waals surface area contributed by atoms with Crippen molar-refractivity contribution in [3.63, 3.8) is 0 Å². The van der Waals surface area contributed by atoms with Gasteiger partial charge in [-0.05, 0) is 38.2 Å². The molecular formula is C16H16N4O2S3. The molecular weight excluding hydrogens is 376 g/mol. The van der Waals surface area contributed by atoms with E-state index in [0.29, 0.717) is 10.3 Å². The standard InChI is InChI=1S/C16H16N4O2S3/c1-8(12(21)18-15-17-6-7-23-15)24-16-19-13(22)11-9-4-2-3-5-10(9)25-14(11)20-16/h6-8H,2-5H2,1H3,(H,17,18,21)(H,19,20,22)/t8-/m0/s1. The highest BCUT2D eigenvalue weighted by atomic mass is 32.2. The van der Waals surface area contributed by atoms with E-state index in [0.717, 1.165) is 29.5 Å². The largest absolute Gasteiger partial charge is 0.301 e. The number of hydrogen-bond acceptors (Lipinski definition) is 7. The summed E-state index contributed by atoms with van der Waals surface area (Å²) in [4.78, 5) is 38.3. The minimum atomic E-state index is -0.390. The summed E-state index contributed by atoms with van der Waals surface area (Å²) < 4.78 is 0. The van der Waals surface area contributed by atoms with Crippen molar-refractivity contribution in [2.45, 2.75) is 43.0 Å². The Labute approximate surface area is 156 Å². The van der Waals surface area contributed by atoms with Crippen LogP contribution in [0.15, 0.2) is 21.5 Å². The van der Waals surface area contributed by atoms with Crippen LogP contribution in [0.1, 0.15) is 30.2 Å². The van der Waals surface area contributed by atoms with E-state index in [-0.39, 0.29) is 16.7 Å². The fourth-order valence-corrected chi connectivity index (χ4v) is 5.56. The van der Waals surface area contributed by atoms with Crippen LogP contribution < -0.4 is 10.9 Å². The second-order valence-electron chi connectivity index (χ2n) is 5.85. The van der Waals surface area contributed by atoms with Crippen molar-refractivity contribution < 1.29 is 4.79 Å². The molecule has 3 heterocycles. The third kappa shape index (κ3) is 3.36. The number of aromatic nitrogens is 3. The molecule has 0 saturated heterocycles. The Kier molecular flexibility index (Phi) is 4.61. The predicted octanol–water partition coefficient (Wildman–Crippen LogP) is 3.44. The number of anilines is 1. The molecule has 0 saturated carbocycles. The van der Waals surface area contributed by atoms with Gasteiger partial charge < -0.3 is 10.3 Å². The fraction of sp³-hybridized carbons (Fsp3) is 0.375. The van der Waals surface area contributed by atoms with Crippen LogP contribution in [0.5, 0.6) is 0 Å². The number of amides is 1. The van der Waals surface area contributed by atoms with Gasteiger partial charge in [-0.25, -0.2) is 9.97 Å². The number of thiazole rings is 1. The number of aryl methyl sites for hydroxylation is 2. The molecule has 130 valence electrons. The summed E-state index contributed by atoms with van der Waals surface area (Å²) in [5.74, 6) is -0.159. The van der Waals surface area contributed by atoms with Crippen molar-refractivity contribution in [2.75, 3.05) is 5.32 Å². The Hall–Kier alpha value is -1.71. The van der Waals surface area contributed by atoms with E-state index in [2.05, 4.69) is 20.3 Å². The van der Waals surface area contributed by atoms with E-state index in [9.17, 15) is 9.59 Å². The van der Waals surface area contributed by atoms with Gasteiger partial charge in [-0.1, -0.05) is 11.8 Å². The smallest absolute Gasteiger partial charge is 0.260 e. The number of carbonyl (C=O) groups is 1. The number of carbonyl (C=O) groups excluding carboxylic acids is 1. The molecule has 25 heavy (non-hydrogen) atoms. The van der Waals surface area contributed by atoms with Crippen LogP contribution >= 0.6 is 34.4 Å². The van der Waals surface area contributed by atoms with Crippen molar-refractivity contribution >= 4 is 55.7 Å². The number of hydrogen-bond donors (Lipinski definition) is 2. The quantitative estimate of drug-likeness (QED) is 0.525. The molecule has 0 radical (unpaired) electrons. The zero-order valence-electron chi connectivity index (χ0n) is 13.5. The van der Waals surface area contributed by atoms with Crippen LogP contribution in [0.4, 0.5) is 5.13 Å². The predicted molar refractivity (Wildman–Crippen MR) is 103 cm³/mol. The zero-order valence-corrected chi connectivity index (χ0v) is 15.9. The summed E-state index contributed by atoms with van der Waals surface area (Å²) in [6.07, 6.45) is 5.93. The highest BCUT2D eigenvalue weighted by Crippen LogP contribution is 2.34. The van der Waals surface area contributed by atoms with Gasteiger partial charge in [-0.15, -0.1) is 22.7 Å². The van der Waals surface area contributed by atoms with Gasteiger partial charge in [0.1, 0.15) is 4.83 Å². The van der Waals surface area contributed by atoms with E-state index in [1.807, 2.05) is 0 Å². The zero-order chi connectivity index (χ0) is 17.4. The van der Waals surface area contributed by atoms with Gasteiger partial charge in [0.25, 0.3) is 5.56 Å². The Morgan fingerprint density at radius 1 is 1.40 bits per heavy atom. The Morgan fingerprint density at radius 2 is 2.24 bits per heavy atom. The maximum absolute atomic E-state index is 12.5. The molecule has 1 amide bonds. The number of thioether (sulfide) groups is 1. The van der Waals surface area contributed by atoms with Crippen LogP contribution in [0.25, 0.3) is 10.2 Å². The molecule has 0 aromatic carbocycles. The van der Waals surface area contributed by atoms with Crippen LogP contribution in [-0.4, -0.2) is 26.1 Å². The minimum Gasteiger partial charge on any atom is -0.301 e. The van der Waals surface area contributed by atoms with E-state index in [4.69, 9.17) is 0 Å². The molecule has 0 fully saturated rings. The molecule has 6 nitrogen and oxygen atoms in total. The van der Waals surface area contributed by atoms with E-state index in [1.54, 1.807) is 29.8 Å². The average molecular weight is 393 g/mol. The summed E-state index contributed by atoms with van der Waals surface area (Å²) in [5, 5.41) is 5.97. The molecule has 3 aromatic rings. The van der Waals surface area contributed by atoms with E-state index in [1.165, 1.54) is 40.0 Å². The van der Waals surface area contributed by atoms with Crippen LogP contribution in [0, 0.1) is 0 Å². The van der Waals surface area contributed by atoms with Gasteiger partial charge in [0.15, 0.2) is 10.3 Å². The molecule has 1 aliphatic rings. The molecule has 3 aromatic heterocycles. The molecule has 1 aliphatic carbocycles. The van der Waals surface area contributed by atoms with Gasteiger partial charge in [0.05, 0.1) is 10.6 Å². The van der Waals surface area contributed by atoms with E-state index < -0.39 is 0 Å².